The van der Waals surface area contributed by atoms with E-state index < -0.39 is 18.0 Å². The summed E-state index contributed by atoms with van der Waals surface area (Å²) < 4.78 is 14.9. The van der Waals surface area contributed by atoms with Crippen LogP contribution in [0.4, 0.5) is 0 Å². The molecular weight excluding hydrogens is 264 g/mol. The summed E-state index contributed by atoms with van der Waals surface area (Å²) >= 11 is 0. The van der Waals surface area contributed by atoms with Crippen molar-refractivity contribution in [1.82, 2.24) is 0 Å². The fourth-order valence-electron chi connectivity index (χ4n) is 1.86. The Balaban J connectivity index is 2.33. The van der Waals surface area contributed by atoms with Gasteiger partial charge in [-0.05, 0) is 25.1 Å². The predicted molar refractivity (Wildman–Crippen MR) is 67.8 cm³/mol. The van der Waals surface area contributed by atoms with Crippen molar-refractivity contribution in [3.8, 4) is 5.75 Å². The molecule has 0 aliphatic carbocycles. The number of Topliss-reactive ketones (excluding diaryl/α,β-unsaturated/α-hetero) is 1. The molecule has 1 aliphatic rings. The van der Waals surface area contributed by atoms with Crippen LogP contribution in [0.25, 0.3) is 0 Å². The number of hydrogen-bond donors (Lipinski definition) is 0. The van der Waals surface area contributed by atoms with Crippen LogP contribution in [-0.2, 0) is 14.3 Å². The largest absolute Gasteiger partial charge is 0.478 e. The molecule has 2 rings (SSSR count). The summed E-state index contributed by atoms with van der Waals surface area (Å²) in [5, 5.41) is 0. The Bertz CT molecular complexity index is 563. The highest BCUT2D eigenvalue weighted by molar-refractivity contribution is 5.99. The van der Waals surface area contributed by atoms with Gasteiger partial charge >= 0.3 is 11.9 Å². The van der Waals surface area contributed by atoms with Gasteiger partial charge in [0.1, 0.15) is 11.3 Å². The summed E-state index contributed by atoms with van der Waals surface area (Å²) in [6, 6.07) is 4.41. The monoisotopic (exact) mass is 278 g/mol. The van der Waals surface area contributed by atoms with E-state index in [0.29, 0.717) is 18.6 Å². The third-order valence-corrected chi connectivity index (χ3v) is 2.95. The van der Waals surface area contributed by atoms with Crippen molar-refractivity contribution < 1.29 is 28.6 Å². The van der Waals surface area contributed by atoms with Gasteiger partial charge in [-0.3, -0.25) is 4.79 Å². The van der Waals surface area contributed by atoms with E-state index in [1.165, 1.54) is 32.2 Å². The van der Waals surface area contributed by atoms with E-state index in [1.54, 1.807) is 0 Å². The SMILES string of the molecule is COC(=O)c1cc(C(C)=O)ccc1O[C@@H]1CCOC1=O. The minimum absolute atomic E-state index is 0.111. The number of esters is 2. The highest BCUT2D eigenvalue weighted by atomic mass is 16.6. The standard InChI is InChI=1S/C14H14O6/c1-8(15)9-3-4-11(10(7-9)13(16)18-2)20-12-5-6-19-14(12)17/h3-4,7,12H,5-6H2,1-2H3/t12-/m1/s1. The Hall–Kier alpha value is -2.37. The van der Waals surface area contributed by atoms with E-state index in [9.17, 15) is 14.4 Å². The summed E-state index contributed by atoms with van der Waals surface area (Å²) in [4.78, 5) is 34.5. The summed E-state index contributed by atoms with van der Waals surface area (Å²) in [6.07, 6.45) is -0.310. The maximum absolute atomic E-state index is 11.7. The second-order valence-electron chi connectivity index (χ2n) is 4.32. The van der Waals surface area contributed by atoms with Crippen LogP contribution in [0.5, 0.6) is 5.75 Å². The maximum atomic E-state index is 11.7. The number of ketones is 1. The van der Waals surface area contributed by atoms with Crippen LogP contribution >= 0.6 is 0 Å². The lowest BCUT2D eigenvalue weighted by Crippen LogP contribution is -2.23. The molecule has 0 N–H and O–H groups in total. The minimum atomic E-state index is -0.735. The van der Waals surface area contributed by atoms with Gasteiger partial charge < -0.3 is 14.2 Å². The van der Waals surface area contributed by atoms with E-state index in [2.05, 4.69) is 4.74 Å². The second kappa shape index (κ2) is 5.73. The molecule has 6 nitrogen and oxygen atoms in total. The maximum Gasteiger partial charge on any atom is 0.347 e. The van der Waals surface area contributed by atoms with E-state index in [1.807, 2.05) is 0 Å². The molecule has 0 saturated carbocycles. The van der Waals surface area contributed by atoms with Gasteiger partial charge in [0.25, 0.3) is 0 Å². The van der Waals surface area contributed by atoms with Crippen LogP contribution in [0.2, 0.25) is 0 Å². The van der Waals surface area contributed by atoms with Crippen molar-refractivity contribution in [1.29, 1.82) is 0 Å². The van der Waals surface area contributed by atoms with Crippen molar-refractivity contribution >= 4 is 17.7 Å². The first-order chi connectivity index (χ1) is 9.52. The molecule has 1 aliphatic heterocycles. The summed E-state index contributed by atoms with van der Waals surface area (Å²) in [6.45, 7) is 1.69. The van der Waals surface area contributed by atoms with E-state index in [4.69, 9.17) is 9.47 Å². The third-order valence-electron chi connectivity index (χ3n) is 2.95. The van der Waals surface area contributed by atoms with Gasteiger partial charge in [0.05, 0.1) is 13.7 Å². The number of benzene rings is 1. The Morgan fingerprint density at radius 3 is 2.65 bits per heavy atom. The molecule has 1 atom stereocenters. The Morgan fingerprint density at radius 2 is 2.10 bits per heavy atom. The van der Waals surface area contributed by atoms with Gasteiger partial charge in [0.2, 0.25) is 0 Å². The molecule has 20 heavy (non-hydrogen) atoms. The summed E-state index contributed by atoms with van der Waals surface area (Å²) in [7, 11) is 1.23. The zero-order chi connectivity index (χ0) is 14.7. The van der Waals surface area contributed by atoms with Gasteiger partial charge in [-0.2, -0.15) is 0 Å². The lowest BCUT2D eigenvalue weighted by Gasteiger charge is -2.13. The summed E-state index contributed by atoms with van der Waals surface area (Å²) in [5.41, 5.74) is 0.478. The van der Waals surface area contributed by atoms with Crippen LogP contribution in [0.3, 0.4) is 0 Å². The van der Waals surface area contributed by atoms with Gasteiger partial charge in [0.15, 0.2) is 11.9 Å². The Labute approximate surface area is 115 Å². The van der Waals surface area contributed by atoms with Crippen molar-refractivity contribution in [3.05, 3.63) is 29.3 Å². The van der Waals surface area contributed by atoms with Gasteiger partial charge in [0, 0.05) is 12.0 Å². The fourth-order valence-corrected chi connectivity index (χ4v) is 1.86. The molecule has 1 aromatic carbocycles. The molecule has 0 aromatic heterocycles. The predicted octanol–water partition coefficient (Wildman–Crippen LogP) is 1.37. The minimum Gasteiger partial charge on any atom is -0.478 e. The van der Waals surface area contributed by atoms with Crippen LogP contribution in [-0.4, -0.2) is 37.5 Å². The van der Waals surface area contributed by atoms with Crippen LogP contribution in [0, 0.1) is 0 Å². The first kappa shape index (κ1) is 14.0. The number of rotatable bonds is 4. The van der Waals surface area contributed by atoms with Crippen molar-refractivity contribution in [2.24, 2.45) is 0 Å². The first-order valence-corrected chi connectivity index (χ1v) is 6.09. The molecule has 0 amide bonds. The van der Waals surface area contributed by atoms with Crippen molar-refractivity contribution in [3.63, 3.8) is 0 Å². The highest BCUT2D eigenvalue weighted by Crippen LogP contribution is 2.25. The first-order valence-electron chi connectivity index (χ1n) is 6.09. The van der Waals surface area contributed by atoms with E-state index in [0.717, 1.165) is 0 Å². The quantitative estimate of drug-likeness (QED) is 0.611. The zero-order valence-corrected chi connectivity index (χ0v) is 11.2. The van der Waals surface area contributed by atoms with Gasteiger partial charge in [-0.25, -0.2) is 9.59 Å². The fraction of sp³-hybridized carbons (Fsp3) is 0.357. The number of carbonyl (C=O) groups is 3. The molecule has 0 spiro atoms. The highest BCUT2D eigenvalue weighted by Gasteiger charge is 2.30. The number of carbonyl (C=O) groups excluding carboxylic acids is 3. The molecule has 1 aromatic rings. The van der Waals surface area contributed by atoms with Crippen molar-refractivity contribution in [2.75, 3.05) is 13.7 Å². The molecule has 1 saturated heterocycles. The molecule has 0 radical (unpaired) electrons. The lowest BCUT2D eigenvalue weighted by molar-refractivity contribution is -0.143. The number of cyclic esters (lactones) is 1. The molecule has 6 heteroatoms. The molecular formula is C14H14O6. The molecule has 0 unspecified atom stereocenters. The average molecular weight is 278 g/mol. The summed E-state index contributed by atoms with van der Waals surface area (Å²) in [5.74, 6) is -1.07. The normalized spacial score (nSPS) is 17.5. The third kappa shape index (κ3) is 2.79. The number of ether oxygens (including phenoxy) is 3. The Kier molecular flexibility index (Phi) is 4.02. The van der Waals surface area contributed by atoms with Gasteiger partial charge in [-0.15, -0.1) is 0 Å². The number of hydrogen-bond acceptors (Lipinski definition) is 6. The zero-order valence-electron chi connectivity index (χ0n) is 11.2. The lowest BCUT2D eigenvalue weighted by atomic mass is 10.1. The van der Waals surface area contributed by atoms with Gasteiger partial charge in [-0.1, -0.05) is 0 Å². The van der Waals surface area contributed by atoms with E-state index >= 15 is 0 Å². The molecule has 106 valence electrons. The Morgan fingerprint density at radius 1 is 1.35 bits per heavy atom. The molecule has 0 bridgehead atoms. The average Bonchev–Trinajstić information content (AvgIpc) is 2.83. The molecule has 1 fully saturated rings. The smallest absolute Gasteiger partial charge is 0.347 e. The van der Waals surface area contributed by atoms with Crippen molar-refractivity contribution in [2.45, 2.75) is 19.4 Å². The van der Waals surface area contributed by atoms with E-state index in [-0.39, 0.29) is 17.1 Å². The topological polar surface area (TPSA) is 78.9 Å². The number of methoxy groups -OCH3 is 1. The van der Waals surface area contributed by atoms with Crippen LogP contribution in [0.1, 0.15) is 34.1 Å². The second-order valence-corrected chi connectivity index (χ2v) is 4.32. The van der Waals surface area contributed by atoms with Crippen LogP contribution in [0.15, 0.2) is 18.2 Å². The van der Waals surface area contributed by atoms with Crippen LogP contribution < -0.4 is 4.74 Å². The molecule has 1 heterocycles.